The molecule has 3 N–H and O–H groups in total. The Balaban J connectivity index is 1.67. The molecule has 5 heteroatoms. The molecule has 4 nitrogen and oxygen atoms in total. The van der Waals surface area contributed by atoms with Crippen molar-refractivity contribution < 1.29 is 8.42 Å². The van der Waals surface area contributed by atoms with Gasteiger partial charge in [-0.3, -0.25) is 0 Å². The molecule has 108 valence electrons. The van der Waals surface area contributed by atoms with E-state index in [2.05, 4.69) is 24.4 Å². The second kappa shape index (κ2) is 4.90. The Morgan fingerprint density at radius 3 is 2.40 bits per heavy atom. The van der Waals surface area contributed by atoms with Gasteiger partial charge in [0.2, 0.25) is 10.0 Å². The van der Waals surface area contributed by atoms with Crippen LogP contribution in [0.2, 0.25) is 0 Å². The van der Waals surface area contributed by atoms with Gasteiger partial charge in [-0.2, -0.15) is 0 Å². The highest BCUT2D eigenvalue weighted by Gasteiger charge is 2.38. The molecule has 2 aliphatic carbocycles. The Hall–Kier alpha value is -1.33. The summed E-state index contributed by atoms with van der Waals surface area (Å²) >= 11 is 0. The van der Waals surface area contributed by atoms with E-state index in [1.54, 1.807) is 24.3 Å². The summed E-state index contributed by atoms with van der Waals surface area (Å²) in [6.07, 6.45) is 7.24. The van der Waals surface area contributed by atoms with E-state index < -0.39 is 10.0 Å². The molecular formula is C15H20N2O2S. The van der Waals surface area contributed by atoms with Crippen molar-refractivity contribution in [1.29, 1.82) is 0 Å². The third kappa shape index (κ3) is 2.60. The Morgan fingerprint density at radius 2 is 1.90 bits per heavy atom. The minimum absolute atomic E-state index is 0.151. The van der Waals surface area contributed by atoms with Crippen LogP contribution in [0.3, 0.4) is 0 Å². The SMILES string of the molecule is CC(Nc1ccc(S(N)(=O)=O)cc1)C1CC2C=CC1C2. The summed E-state index contributed by atoms with van der Waals surface area (Å²) in [5.41, 5.74) is 0.941. The molecule has 0 aliphatic heterocycles. The minimum atomic E-state index is -3.61. The molecule has 0 spiro atoms. The van der Waals surface area contributed by atoms with Crippen LogP contribution in [0.15, 0.2) is 41.3 Å². The molecule has 0 amide bonds. The molecule has 20 heavy (non-hydrogen) atoms. The fourth-order valence-corrected chi connectivity index (χ4v) is 4.02. The van der Waals surface area contributed by atoms with Crippen LogP contribution in [0.25, 0.3) is 0 Å². The zero-order chi connectivity index (χ0) is 14.3. The largest absolute Gasteiger partial charge is 0.382 e. The van der Waals surface area contributed by atoms with E-state index in [0.717, 1.165) is 11.6 Å². The minimum Gasteiger partial charge on any atom is -0.382 e. The van der Waals surface area contributed by atoms with E-state index in [1.807, 2.05) is 0 Å². The third-order valence-corrected chi connectivity index (χ3v) is 5.48. The van der Waals surface area contributed by atoms with Crippen molar-refractivity contribution >= 4 is 15.7 Å². The van der Waals surface area contributed by atoms with E-state index in [1.165, 1.54) is 12.8 Å². The monoisotopic (exact) mass is 292 g/mol. The Labute approximate surface area is 120 Å². The van der Waals surface area contributed by atoms with Crippen LogP contribution >= 0.6 is 0 Å². The lowest BCUT2D eigenvalue weighted by Gasteiger charge is -2.27. The van der Waals surface area contributed by atoms with Crippen molar-refractivity contribution in [3.8, 4) is 0 Å². The molecule has 0 saturated heterocycles. The van der Waals surface area contributed by atoms with Gasteiger partial charge in [0.15, 0.2) is 0 Å². The summed E-state index contributed by atoms with van der Waals surface area (Å²) < 4.78 is 22.4. The van der Waals surface area contributed by atoms with Crippen LogP contribution in [0, 0.1) is 17.8 Å². The second-order valence-corrected chi connectivity index (χ2v) is 7.51. The van der Waals surface area contributed by atoms with E-state index in [9.17, 15) is 8.42 Å². The van der Waals surface area contributed by atoms with Crippen LogP contribution in [-0.2, 0) is 10.0 Å². The van der Waals surface area contributed by atoms with Gasteiger partial charge in [-0.1, -0.05) is 12.2 Å². The molecule has 1 aromatic rings. The number of nitrogens with one attached hydrogen (secondary N) is 1. The standard InChI is InChI=1S/C15H20N2O2S/c1-10(15-9-11-2-3-12(15)8-11)17-13-4-6-14(7-5-13)20(16,18)19/h2-7,10-12,15,17H,8-9H2,1H3,(H2,16,18,19). The van der Waals surface area contributed by atoms with E-state index >= 15 is 0 Å². The average molecular weight is 292 g/mol. The summed E-state index contributed by atoms with van der Waals surface area (Å²) in [6.45, 7) is 2.20. The number of anilines is 1. The van der Waals surface area contributed by atoms with Crippen LogP contribution in [0.4, 0.5) is 5.69 Å². The Morgan fingerprint density at radius 1 is 1.20 bits per heavy atom. The number of rotatable bonds is 4. The van der Waals surface area contributed by atoms with Gasteiger partial charge >= 0.3 is 0 Å². The summed E-state index contributed by atoms with van der Waals surface area (Å²) in [5, 5.41) is 8.57. The van der Waals surface area contributed by atoms with Gasteiger partial charge in [0.05, 0.1) is 4.90 Å². The molecule has 2 aliphatic rings. The summed E-state index contributed by atoms with van der Waals surface area (Å²) in [4.78, 5) is 0.151. The maximum atomic E-state index is 11.2. The fraction of sp³-hybridized carbons (Fsp3) is 0.467. The topological polar surface area (TPSA) is 72.2 Å². The number of sulfonamides is 1. The number of fused-ring (bicyclic) bond motifs is 2. The van der Waals surface area contributed by atoms with Gasteiger partial charge < -0.3 is 5.32 Å². The normalized spacial score (nSPS) is 29.6. The zero-order valence-corrected chi connectivity index (χ0v) is 12.3. The van der Waals surface area contributed by atoms with Gasteiger partial charge in [-0.15, -0.1) is 0 Å². The predicted molar refractivity (Wildman–Crippen MR) is 79.7 cm³/mol. The molecule has 4 unspecified atom stereocenters. The maximum absolute atomic E-state index is 11.2. The number of benzene rings is 1. The van der Waals surface area contributed by atoms with Crippen molar-refractivity contribution in [2.45, 2.75) is 30.7 Å². The zero-order valence-electron chi connectivity index (χ0n) is 11.5. The molecule has 0 aromatic heterocycles. The van der Waals surface area contributed by atoms with Crippen molar-refractivity contribution in [3.05, 3.63) is 36.4 Å². The smallest absolute Gasteiger partial charge is 0.238 e. The van der Waals surface area contributed by atoms with Gasteiger partial charge in [-0.05, 0) is 61.8 Å². The van der Waals surface area contributed by atoms with Crippen LogP contribution in [0.1, 0.15) is 19.8 Å². The van der Waals surface area contributed by atoms with Gasteiger partial charge in [0, 0.05) is 11.7 Å². The number of hydrogen-bond acceptors (Lipinski definition) is 3. The first-order valence-electron chi connectivity index (χ1n) is 7.01. The van der Waals surface area contributed by atoms with Crippen molar-refractivity contribution in [2.75, 3.05) is 5.32 Å². The van der Waals surface area contributed by atoms with E-state index in [4.69, 9.17) is 5.14 Å². The van der Waals surface area contributed by atoms with Gasteiger partial charge in [0.25, 0.3) is 0 Å². The second-order valence-electron chi connectivity index (χ2n) is 5.95. The molecule has 1 fully saturated rings. The highest BCUT2D eigenvalue weighted by Crippen LogP contribution is 2.45. The first-order chi connectivity index (χ1) is 9.43. The van der Waals surface area contributed by atoms with Crippen molar-refractivity contribution in [1.82, 2.24) is 0 Å². The summed E-state index contributed by atoms with van der Waals surface area (Å²) in [7, 11) is -3.61. The van der Waals surface area contributed by atoms with Crippen molar-refractivity contribution in [2.24, 2.45) is 22.9 Å². The number of hydrogen-bond donors (Lipinski definition) is 2. The first kappa shape index (κ1) is 13.6. The lowest BCUT2D eigenvalue weighted by molar-refractivity contribution is 0.400. The average Bonchev–Trinajstić information content (AvgIpc) is 3.00. The van der Waals surface area contributed by atoms with Crippen LogP contribution in [0.5, 0.6) is 0 Å². The number of allylic oxidation sites excluding steroid dienone is 2. The molecular weight excluding hydrogens is 272 g/mol. The van der Waals surface area contributed by atoms with Gasteiger partial charge in [0.1, 0.15) is 0 Å². The van der Waals surface area contributed by atoms with E-state index in [0.29, 0.717) is 17.9 Å². The molecule has 1 aromatic carbocycles. The van der Waals surface area contributed by atoms with Crippen LogP contribution < -0.4 is 10.5 Å². The first-order valence-corrected chi connectivity index (χ1v) is 8.56. The Kier molecular flexibility index (Phi) is 3.34. The number of primary sulfonamides is 1. The predicted octanol–water partition coefficient (Wildman–Crippen LogP) is 2.35. The molecule has 1 saturated carbocycles. The summed E-state index contributed by atoms with van der Waals surface area (Å²) in [5.74, 6) is 2.13. The quantitative estimate of drug-likeness (QED) is 0.837. The fourth-order valence-electron chi connectivity index (χ4n) is 3.51. The third-order valence-electron chi connectivity index (χ3n) is 4.55. The molecule has 4 atom stereocenters. The molecule has 2 bridgehead atoms. The number of nitrogens with two attached hydrogens (primary N) is 1. The van der Waals surface area contributed by atoms with E-state index in [-0.39, 0.29) is 4.90 Å². The highest BCUT2D eigenvalue weighted by molar-refractivity contribution is 7.89. The molecule has 3 rings (SSSR count). The Bertz CT molecular complexity index is 622. The lowest BCUT2D eigenvalue weighted by atomic mass is 9.87. The highest BCUT2D eigenvalue weighted by atomic mass is 32.2. The maximum Gasteiger partial charge on any atom is 0.238 e. The lowest BCUT2D eigenvalue weighted by Crippen LogP contribution is -2.28. The molecule has 0 heterocycles. The summed E-state index contributed by atoms with van der Waals surface area (Å²) in [6, 6.07) is 7.03. The van der Waals surface area contributed by atoms with Gasteiger partial charge in [-0.25, -0.2) is 13.6 Å². The van der Waals surface area contributed by atoms with Crippen LogP contribution in [-0.4, -0.2) is 14.5 Å². The van der Waals surface area contributed by atoms with Crippen molar-refractivity contribution in [3.63, 3.8) is 0 Å². The molecule has 0 radical (unpaired) electrons.